The summed E-state index contributed by atoms with van der Waals surface area (Å²) in [6.45, 7) is 1.49. The van der Waals surface area contributed by atoms with E-state index in [1.54, 1.807) is 19.4 Å². The lowest BCUT2D eigenvalue weighted by molar-refractivity contribution is -0.333. The molecule has 4 heterocycles. The molecule has 1 saturated heterocycles. The van der Waals surface area contributed by atoms with E-state index in [-0.39, 0.29) is 29.4 Å². The van der Waals surface area contributed by atoms with Crippen molar-refractivity contribution in [3.05, 3.63) is 59.3 Å². The van der Waals surface area contributed by atoms with Gasteiger partial charge in [-0.1, -0.05) is 4.98 Å². The molecule has 1 atom stereocenters. The van der Waals surface area contributed by atoms with E-state index >= 15 is 0 Å². The second-order valence-corrected chi connectivity index (χ2v) is 10.2. The Bertz CT molecular complexity index is 1690. The number of hydrogen-bond acceptors (Lipinski definition) is 7. The second kappa shape index (κ2) is 10.3. The number of carbonyl (C=O) groups excluding carboxylic acids is 2. The third kappa shape index (κ3) is 4.78. The van der Waals surface area contributed by atoms with Crippen LogP contribution >= 0.6 is 0 Å². The minimum Gasteiger partial charge on any atom is -0.493 e. The average molecular weight is 564 g/mol. The van der Waals surface area contributed by atoms with E-state index in [0.29, 0.717) is 41.5 Å². The highest BCUT2D eigenvalue weighted by atomic mass is 19.1. The standard InChI is InChI=1S/C28H28F2N8O3/c1-37-8-3-4-20(37)27(40)38-9-6-14-10-22(41-2)18(13-21(14)38)34-28-35-25-16(5-7-32-25)26(36-28)33-19-12-15(29)11-17(30)23(19)24(31)39/h5,7,10-13,20H,3-4,6,8-9H2,1-2H3,(H2,31,39)(H3,32,33,34,35,36)/p+1/t20-/m0/s1. The number of aromatic amines is 2. The quantitative estimate of drug-likeness (QED) is 0.270. The summed E-state index contributed by atoms with van der Waals surface area (Å²) in [5.74, 6) is -1.93. The molecule has 0 radical (unpaired) electrons. The number of anilines is 5. The smallest absolute Gasteiger partial charge is 0.351 e. The van der Waals surface area contributed by atoms with Crippen LogP contribution in [-0.4, -0.2) is 60.0 Å². The number of nitrogens with one attached hydrogen (secondary N) is 4. The summed E-state index contributed by atoms with van der Waals surface area (Å²) < 4.78 is 34.1. The Kier molecular flexibility index (Phi) is 6.66. The van der Waals surface area contributed by atoms with Gasteiger partial charge in [-0.25, -0.2) is 13.8 Å². The number of nitrogens with two attached hydrogens (primary N) is 1. The van der Waals surface area contributed by atoms with Crippen LogP contribution in [0.25, 0.3) is 11.0 Å². The van der Waals surface area contributed by atoms with Gasteiger partial charge >= 0.3 is 5.95 Å². The van der Waals surface area contributed by atoms with Crippen LogP contribution in [0, 0.1) is 11.6 Å². The van der Waals surface area contributed by atoms with E-state index in [2.05, 4.69) is 30.5 Å². The predicted molar refractivity (Wildman–Crippen MR) is 149 cm³/mol. The predicted octanol–water partition coefficient (Wildman–Crippen LogP) is 3.23. The minimum atomic E-state index is -1.09. The van der Waals surface area contributed by atoms with Gasteiger partial charge in [0.1, 0.15) is 17.3 Å². The molecule has 13 heteroatoms. The summed E-state index contributed by atoms with van der Waals surface area (Å²) in [6.07, 6.45) is 4.21. The van der Waals surface area contributed by atoms with Crippen molar-refractivity contribution in [2.45, 2.75) is 25.3 Å². The number of benzene rings is 2. The number of amides is 2. The number of H-pyrrole nitrogens is 2. The van der Waals surface area contributed by atoms with Crippen molar-refractivity contribution in [1.29, 1.82) is 0 Å². The Labute approximate surface area is 233 Å². The molecule has 6 N–H and O–H groups in total. The Morgan fingerprint density at radius 3 is 2.73 bits per heavy atom. The van der Waals surface area contributed by atoms with E-state index in [4.69, 9.17) is 10.5 Å². The number of halogens is 2. The van der Waals surface area contributed by atoms with Crippen molar-refractivity contribution in [1.82, 2.24) is 14.9 Å². The number of fused-ring (bicyclic) bond motifs is 2. The van der Waals surface area contributed by atoms with E-state index < -0.39 is 23.1 Å². The van der Waals surface area contributed by atoms with Crippen molar-refractivity contribution in [2.75, 3.05) is 42.8 Å². The lowest BCUT2D eigenvalue weighted by atomic mass is 10.1. The molecule has 6 rings (SSSR count). The summed E-state index contributed by atoms with van der Waals surface area (Å²) in [4.78, 5) is 40.1. The maximum atomic E-state index is 14.4. The molecule has 0 unspecified atom stereocenters. The largest absolute Gasteiger partial charge is 0.493 e. The summed E-state index contributed by atoms with van der Waals surface area (Å²) >= 11 is 0. The first kappa shape index (κ1) is 26.4. The van der Waals surface area contributed by atoms with Crippen molar-refractivity contribution < 1.29 is 28.1 Å². The SMILES string of the molecule is COc1cc2c(cc1Nc1nc(Nc3cc(F)cc(F)c3C(N)=O)c3cc[nH]c3[nH+]1)N(C(=O)[C@@H]1CCCN1C)CC2. The van der Waals surface area contributed by atoms with E-state index in [9.17, 15) is 18.4 Å². The molecule has 2 aliphatic heterocycles. The van der Waals surface area contributed by atoms with Gasteiger partial charge in [0.05, 0.1) is 35.5 Å². The Balaban J connectivity index is 1.36. The fraction of sp³-hybridized carbons (Fsp3) is 0.286. The summed E-state index contributed by atoms with van der Waals surface area (Å²) in [7, 11) is 3.53. The summed E-state index contributed by atoms with van der Waals surface area (Å²) in [6, 6.07) is 6.91. The van der Waals surface area contributed by atoms with Crippen molar-refractivity contribution >= 4 is 51.7 Å². The van der Waals surface area contributed by atoms with Crippen LogP contribution in [0.3, 0.4) is 0 Å². The molecule has 41 heavy (non-hydrogen) atoms. The monoisotopic (exact) mass is 563 g/mol. The number of nitrogens with zero attached hydrogens (tertiary/aromatic N) is 3. The second-order valence-electron chi connectivity index (χ2n) is 10.2. The highest BCUT2D eigenvalue weighted by molar-refractivity contribution is 6.01. The minimum absolute atomic E-state index is 0.0800. The first-order valence-corrected chi connectivity index (χ1v) is 13.2. The van der Waals surface area contributed by atoms with Crippen molar-refractivity contribution in [2.24, 2.45) is 5.73 Å². The number of hydrogen-bond donors (Lipinski definition) is 4. The molecule has 2 aliphatic rings. The zero-order chi connectivity index (χ0) is 28.8. The lowest BCUT2D eigenvalue weighted by Crippen LogP contribution is -2.43. The zero-order valence-electron chi connectivity index (χ0n) is 22.5. The molecule has 2 aromatic carbocycles. The molecule has 0 aliphatic carbocycles. The van der Waals surface area contributed by atoms with Gasteiger partial charge in [0.15, 0.2) is 5.75 Å². The Morgan fingerprint density at radius 1 is 1.17 bits per heavy atom. The molecule has 0 spiro atoms. The number of rotatable bonds is 7. The first-order valence-electron chi connectivity index (χ1n) is 13.2. The topological polar surface area (TPSA) is 143 Å². The third-order valence-corrected chi connectivity index (χ3v) is 7.64. The van der Waals surface area contributed by atoms with Gasteiger partial charge in [0.25, 0.3) is 5.91 Å². The molecule has 0 saturated carbocycles. The van der Waals surface area contributed by atoms with Crippen molar-refractivity contribution in [3.8, 4) is 5.75 Å². The van der Waals surface area contributed by atoms with E-state index in [0.717, 1.165) is 36.7 Å². The van der Waals surface area contributed by atoms with Crippen LogP contribution in [0.2, 0.25) is 0 Å². The van der Waals surface area contributed by atoms with Crippen LogP contribution < -0.4 is 31.0 Å². The van der Waals surface area contributed by atoms with Crippen LogP contribution in [0.5, 0.6) is 5.75 Å². The van der Waals surface area contributed by atoms with Crippen molar-refractivity contribution in [3.63, 3.8) is 0 Å². The van der Waals surface area contributed by atoms with Gasteiger partial charge in [-0.2, -0.15) is 0 Å². The van der Waals surface area contributed by atoms with E-state index in [1.807, 2.05) is 24.1 Å². The number of methoxy groups -OCH3 is 1. The first-order chi connectivity index (χ1) is 19.7. The van der Waals surface area contributed by atoms with Gasteiger partial charge in [0, 0.05) is 24.9 Å². The number of ether oxygens (including phenoxy) is 1. The third-order valence-electron chi connectivity index (χ3n) is 7.64. The maximum absolute atomic E-state index is 14.4. The summed E-state index contributed by atoms with van der Waals surface area (Å²) in [5.41, 5.74) is 7.63. The fourth-order valence-electron chi connectivity index (χ4n) is 5.63. The lowest BCUT2D eigenvalue weighted by Gasteiger charge is -2.25. The number of primary amides is 1. The molecule has 2 aromatic heterocycles. The van der Waals surface area contributed by atoms with Crippen LogP contribution in [-0.2, 0) is 11.2 Å². The van der Waals surface area contributed by atoms with E-state index in [1.165, 1.54) is 0 Å². The number of aromatic nitrogens is 3. The molecule has 1 fully saturated rings. The number of carbonyl (C=O) groups is 2. The zero-order valence-corrected chi connectivity index (χ0v) is 22.5. The molecular weight excluding hydrogens is 534 g/mol. The van der Waals surface area contributed by atoms with Gasteiger partial charge in [-0.05, 0) is 56.6 Å². The molecule has 0 bridgehead atoms. The normalized spacial score (nSPS) is 16.7. The molecule has 212 valence electrons. The van der Waals surface area contributed by atoms with Crippen LogP contribution in [0.15, 0.2) is 36.5 Å². The average Bonchev–Trinajstić information content (AvgIpc) is 3.67. The van der Waals surface area contributed by atoms with Gasteiger partial charge < -0.3 is 20.7 Å². The van der Waals surface area contributed by atoms with Gasteiger partial charge in [-0.3, -0.25) is 24.8 Å². The Hall–Kier alpha value is -4.78. The Morgan fingerprint density at radius 2 is 2.00 bits per heavy atom. The highest BCUT2D eigenvalue weighted by Crippen LogP contribution is 2.39. The molecule has 4 aromatic rings. The van der Waals surface area contributed by atoms with Crippen LogP contribution in [0.1, 0.15) is 28.8 Å². The molecular formula is C28H29F2N8O3+. The van der Waals surface area contributed by atoms with Crippen LogP contribution in [0.4, 0.5) is 37.6 Å². The number of likely N-dealkylation sites (N-methyl/N-ethyl adjacent to an activating group) is 1. The molecule has 11 nitrogen and oxygen atoms in total. The fourth-order valence-corrected chi connectivity index (χ4v) is 5.63. The summed E-state index contributed by atoms with van der Waals surface area (Å²) in [5, 5.41) is 6.64. The van der Waals surface area contributed by atoms with Gasteiger partial charge in [0.2, 0.25) is 17.4 Å². The number of likely N-dealkylation sites (tertiary alicyclic amines) is 1. The highest BCUT2D eigenvalue weighted by Gasteiger charge is 2.35. The van der Waals surface area contributed by atoms with Gasteiger partial charge in [-0.15, -0.1) is 0 Å². The molecule has 2 amide bonds. The maximum Gasteiger partial charge on any atom is 0.351 e.